The third-order valence-corrected chi connectivity index (χ3v) is 4.67. The van der Waals surface area contributed by atoms with Crippen LogP contribution in [0.5, 0.6) is 0 Å². The molecule has 2 amide bonds. The second-order valence-corrected chi connectivity index (χ2v) is 6.17. The third kappa shape index (κ3) is 4.02. The van der Waals surface area contributed by atoms with E-state index < -0.39 is 5.82 Å². The van der Waals surface area contributed by atoms with Gasteiger partial charge in [0.25, 0.3) is 5.91 Å². The highest BCUT2D eigenvalue weighted by molar-refractivity contribution is 6.31. The van der Waals surface area contributed by atoms with Crippen LogP contribution in [0.3, 0.4) is 0 Å². The lowest BCUT2D eigenvalue weighted by atomic mass is 10.0. The fraction of sp³-hybridized carbons (Fsp3) is 0.529. The lowest BCUT2D eigenvalue weighted by Crippen LogP contribution is -2.51. The van der Waals surface area contributed by atoms with Crippen molar-refractivity contribution < 1.29 is 14.0 Å². The molecule has 0 saturated carbocycles. The molecule has 1 aliphatic rings. The standard InChI is InChI=1S/C17H22ClFN2O2/c1-3-12(4-2)16(22)20-7-9-21(10-8-20)17(23)13-5-6-15(19)14(18)11-13/h5-6,11-12H,3-4,7-10H2,1-2H3. The predicted octanol–water partition coefficient (Wildman–Crippen LogP) is 3.20. The van der Waals surface area contributed by atoms with Crippen LogP contribution < -0.4 is 0 Å². The first-order valence-corrected chi connectivity index (χ1v) is 8.38. The first-order valence-electron chi connectivity index (χ1n) is 8.01. The molecule has 0 radical (unpaired) electrons. The van der Waals surface area contributed by atoms with Crippen molar-refractivity contribution in [3.8, 4) is 0 Å². The number of amides is 2. The van der Waals surface area contributed by atoms with Crippen LogP contribution in [0.4, 0.5) is 4.39 Å². The summed E-state index contributed by atoms with van der Waals surface area (Å²) in [6, 6.07) is 3.98. The van der Waals surface area contributed by atoms with Gasteiger partial charge in [-0.25, -0.2) is 4.39 Å². The number of nitrogens with zero attached hydrogens (tertiary/aromatic N) is 2. The number of benzene rings is 1. The van der Waals surface area contributed by atoms with Gasteiger partial charge in [0.1, 0.15) is 5.82 Å². The zero-order valence-electron chi connectivity index (χ0n) is 13.5. The Morgan fingerprint density at radius 2 is 1.70 bits per heavy atom. The second kappa shape index (κ2) is 7.77. The van der Waals surface area contributed by atoms with Crippen LogP contribution in [0, 0.1) is 11.7 Å². The average Bonchev–Trinajstić information content (AvgIpc) is 2.58. The van der Waals surface area contributed by atoms with Crippen molar-refractivity contribution in [2.24, 2.45) is 5.92 Å². The fourth-order valence-electron chi connectivity index (χ4n) is 2.84. The van der Waals surface area contributed by atoms with Crippen LogP contribution in [0.1, 0.15) is 37.0 Å². The van der Waals surface area contributed by atoms with Gasteiger partial charge < -0.3 is 9.80 Å². The Balaban J connectivity index is 1.97. The van der Waals surface area contributed by atoms with Gasteiger partial charge in [0.15, 0.2) is 0 Å². The minimum absolute atomic E-state index is 0.0570. The van der Waals surface area contributed by atoms with Crippen molar-refractivity contribution in [2.75, 3.05) is 26.2 Å². The molecule has 0 N–H and O–H groups in total. The molecule has 4 nitrogen and oxygen atoms in total. The summed E-state index contributed by atoms with van der Waals surface area (Å²) in [7, 11) is 0. The van der Waals surface area contributed by atoms with E-state index in [-0.39, 0.29) is 22.8 Å². The molecule has 1 saturated heterocycles. The normalized spacial score (nSPS) is 15.2. The number of carbonyl (C=O) groups excluding carboxylic acids is 2. The zero-order valence-corrected chi connectivity index (χ0v) is 14.3. The van der Waals surface area contributed by atoms with Crippen LogP contribution in [0.15, 0.2) is 18.2 Å². The van der Waals surface area contributed by atoms with E-state index in [1.165, 1.54) is 18.2 Å². The molecule has 2 rings (SSSR count). The van der Waals surface area contributed by atoms with Crippen LogP contribution in [0.2, 0.25) is 5.02 Å². The molecule has 0 aliphatic carbocycles. The fourth-order valence-corrected chi connectivity index (χ4v) is 3.02. The number of halogens is 2. The van der Waals surface area contributed by atoms with Gasteiger partial charge in [-0.3, -0.25) is 9.59 Å². The van der Waals surface area contributed by atoms with E-state index in [1.54, 1.807) is 4.90 Å². The van der Waals surface area contributed by atoms with E-state index in [2.05, 4.69) is 0 Å². The van der Waals surface area contributed by atoms with Crippen LogP contribution in [-0.4, -0.2) is 47.8 Å². The van der Waals surface area contributed by atoms with E-state index in [0.29, 0.717) is 31.7 Å². The lowest BCUT2D eigenvalue weighted by Gasteiger charge is -2.36. The van der Waals surface area contributed by atoms with Crippen molar-refractivity contribution in [1.82, 2.24) is 9.80 Å². The largest absolute Gasteiger partial charge is 0.339 e. The SMILES string of the molecule is CCC(CC)C(=O)N1CCN(C(=O)c2ccc(F)c(Cl)c2)CC1. The van der Waals surface area contributed by atoms with Gasteiger partial charge in [0.2, 0.25) is 5.91 Å². The molecule has 0 atom stereocenters. The van der Waals surface area contributed by atoms with Gasteiger partial charge in [-0.15, -0.1) is 0 Å². The van der Waals surface area contributed by atoms with Gasteiger partial charge in [-0.1, -0.05) is 25.4 Å². The van der Waals surface area contributed by atoms with Crippen LogP contribution in [-0.2, 0) is 4.79 Å². The van der Waals surface area contributed by atoms with E-state index in [1.807, 2.05) is 18.7 Å². The van der Waals surface area contributed by atoms with Gasteiger partial charge >= 0.3 is 0 Å². The minimum Gasteiger partial charge on any atom is -0.339 e. The Labute approximate surface area is 141 Å². The lowest BCUT2D eigenvalue weighted by molar-refractivity contribution is -0.137. The highest BCUT2D eigenvalue weighted by atomic mass is 35.5. The topological polar surface area (TPSA) is 40.6 Å². The van der Waals surface area contributed by atoms with Gasteiger partial charge in [0, 0.05) is 37.7 Å². The van der Waals surface area contributed by atoms with Crippen molar-refractivity contribution in [3.63, 3.8) is 0 Å². The molecule has 23 heavy (non-hydrogen) atoms. The number of hydrogen-bond donors (Lipinski definition) is 0. The number of hydrogen-bond acceptors (Lipinski definition) is 2. The highest BCUT2D eigenvalue weighted by Gasteiger charge is 2.27. The molecule has 1 heterocycles. The number of piperazine rings is 1. The van der Waals surface area contributed by atoms with E-state index in [0.717, 1.165) is 12.8 Å². The molecule has 126 valence electrons. The molecular weight excluding hydrogens is 319 g/mol. The Hall–Kier alpha value is -1.62. The molecule has 1 aliphatic heterocycles. The summed E-state index contributed by atoms with van der Waals surface area (Å²) in [6.45, 7) is 6.08. The summed E-state index contributed by atoms with van der Waals surface area (Å²) >= 11 is 5.73. The Morgan fingerprint density at radius 1 is 1.13 bits per heavy atom. The summed E-state index contributed by atoms with van der Waals surface area (Å²) in [6.07, 6.45) is 1.67. The maximum atomic E-state index is 13.2. The highest BCUT2D eigenvalue weighted by Crippen LogP contribution is 2.19. The van der Waals surface area contributed by atoms with Crippen LogP contribution >= 0.6 is 11.6 Å². The van der Waals surface area contributed by atoms with E-state index in [9.17, 15) is 14.0 Å². The Morgan fingerprint density at radius 3 is 2.22 bits per heavy atom. The van der Waals surface area contributed by atoms with Crippen molar-refractivity contribution >= 4 is 23.4 Å². The summed E-state index contributed by atoms with van der Waals surface area (Å²) in [5.41, 5.74) is 0.371. The molecule has 0 unspecified atom stereocenters. The van der Waals surface area contributed by atoms with Crippen molar-refractivity contribution in [2.45, 2.75) is 26.7 Å². The van der Waals surface area contributed by atoms with Gasteiger partial charge in [0.05, 0.1) is 5.02 Å². The van der Waals surface area contributed by atoms with Crippen molar-refractivity contribution in [3.05, 3.63) is 34.6 Å². The van der Waals surface area contributed by atoms with Crippen LogP contribution in [0.25, 0.3) is 0 Å². The molecule has 1 fully saturated rings. The molecule has 1 aromatic carbocycles. The molecule has 0 bridgehead atoms. The van der Waals surface area contributed by atoms with Gasteiger partial charge in [-0.05, 0) is 31.0 Å². The zero-order chi connectivity index (χ0) is 17.0. The first kappa shape index (κ1) is 17.7. The summed E-state index contributed by atoms with van der Waals surface area (Å²) < 4.78 is 13.2. The van der Waals surface area contributed by atoms with E-state index >= 15 is 0 Å². The average molecular weight is 341 g/mol. The minimum atomic E-state index is -0.538. The maximum absolute atomic E-state index is 13.2. The molecule has 0 aromatic heterocycles. The third-order valence-electron chi connectivity index (χ3n) is 4.38. The molecule has 6 heteroatoms. The summed E-state index contributed by atoms with van der Waals surface area (Å²) in [4.78, 5) is 28.3. The molecular formula is C17H22ClFN2O2. The Bertz CT molecular complexity index is 582. The van der Waals surface area contributed by atoms with E-state index in [4.69, 9.17) is 11.6 Å². The predicted molar refractivity (Wildman–Crippen MR) is 88.0 cm³/mol. The monoisotopic (exact) mass is 340 g/mol. The second-order valence-electron chi connectivity index (χ2n) is 5.76. The number of carbonyl (C=O) groups is 2. The summed E-state index contributed by atoms with van der Waals surface area (Å²) in [5.74, 6) is -0.481. The van der Waals surface area contributed by atoms with Gasteiger partial charge in [-0.2, -0.15) is 0 Å². The quantitative estimate of drug-likeness (QED) is 0.844. The van der Waals surface area contributed by atoms with Crippen molar-refractivity contribution in [1.29, 1.82) is 0 Å². The summed E-state index contributed by atoms with van der Waals surface area (Å²) in [5, 5.41) is -0.0570. The Kier molecular flexibility index (Phi) is 5.99. The molecule has 1 aromatic rings. The first-order chi connectivity index (χ1) is 11.0. The maximum Gasteiger partial charge on any atom is 0.254 e. The smallest absolute Gasteiger partial charge is 0.254 e. The number of rotatable bonds is 4. The molecule has 0 spiro atoms.